The van der Waals surface area contributed by atoms with Crippen molar-refractivity contribution in [2.75, 3.05) is 6.61 Å². The fourth-order valence-electron chi connectivity index (χ4n) is 1.85. The topological polar surface area (TPSA) is 118 Å². The lowest BCUT2D eigenvalue weighted by molar-refractivity contribution is -0.384. The van der Waals surface area contributed by atoms with Crippen LogP contribution in [-0.4, -0.2) is 37.5 Å². The molecule has 0 aliphatic rings. The van der Waals surface area contributed by atoms with Crippen LogP contribution in [0.3, 0.4) is 0 Å². The van der Waals surface area contributed by atoms with E-state index in [0.29, 0.717) is 0 Å². The van der Waals surface area contributed by atoms with Crippen molar-refractivity contribution in [3.05, 3.63) is 51.6 Å². The van der Waals surface area contributed by atoms with Gasteiger partial charge >= 0.3 is 5.97 Å². The summed E-state index contributed by atoms with van der Waals surface area (Å²) in [6.07, 6.45) is 1.30. The Morgan fingerprint density at radius 3 is 2.76 bits per heavy atom. The minimum Gasteiger partial charge on any atom is -0.476 e. The van der Waals surface area contributed by atoms with E-state index < -0.39 is 22.4 Å². The Labute approximate surface area is 117 Å². The number of benzene rings is 1. The molecule has 0 bridgehead atoms. The lowest BCUT2D eigenvalue weighted by atomic mass is 10.2. The summed E-state index contributed by atoms with van der Waals surface area (Å²) in [5.74, 6) is -2.10. The average Bonchev–Trinajstić information content (AvgIpc) is 2.83. The first-order valence-corrected chi connectivity index (χ1v) is 5.81. The summed E-state index contributed by atoms with van der Waals surface area (Å²) in [7, 11) is 0. The molecule has 1 aromatic heterocycles. The lowest BCUT2D eigenvalue weighted by Crippen LogP contribution is -2.05. The van der Waals surface area contributed by atoms with Gasteiger partial charge in [-0.1, -0.05) is 0 Å². The number of carboxylic acids is 1. The van der Waals surface area contributed by atoms with Crippen LogP contribution in [0.15, 0.2) is 24.4 Å². The number of aliphatic hydroxyl groups excluding tert-OH is 1. The number of carbonyl (C=O) groups is 1. The molecule has 0 saturated heterocycles. The summed E-state index contributed by atoms with van der Waals surface area (Å²) in [6.45, 7) is -0.294. The fraction of sp³-hybridized carbons (Fsp3) is 0.167. The second-order valence-electron chi connectivity index (χ2n) is 4.12. The van der Waals surface area contributed by atoms with Gasteiger partial charge in [0.15, 0.2) is 5.69 Å². The van der Waals surface area contributed by atoms with Crippen molar-refractivity contribution >= 4 is 11.7 Å². The third kappa shape index (κ3) is 2.87. The van der Waals surface area contributed by atoms with Crippen LogP contribution < -0.4 is 0 Å². The SMILES string of the molecule is O=C(O)c1nn(-c2ccc(F)cc2[N+](=O)[O-])cc1CCO. The number of nitro benzene ring substituents is 1. The zero-order chi connectivity index (χ0) is 15.6. The highest BCUT2D eigenvalue weighted by Gasteiger charge is 2.21. The Kier molecular flexibility index (Phi) is 3.94. The summed E-state index contributed by atoms with van der Waals surface area (Å²) >= 11 is 0. The molecule has 0 aliphatic carbocycles. The zero-order valence-electron chi connectivity index (χ0n) is 10.6. The molecule has 0 aliphatic heterocycles. The molecule has 9 heteroatoms. The fourth-order valence-corrected chi connectivity index (χ4v) is 1.85. The van der Waals surface area contributed by atoms with Gasteiger partial charge in [-0.15, -0.1) is 0 Å². The van der Waals surface area contributed by atoms with Crippen LogP contribution in [0, 0.1) is 15.9 Å². The number of nitro groups is 1. The van der Waals surface area contributed by atoms with Gasteiger partial charge in [-0.2, -0.15) is 5.10 Å². The van der Waals surface area contributed by atoms with E-state index in [1.54, 1.807) is 0 Å². The number of carboxylic acid groups (broad SMARTS) is 1. The Morgan fingerprint density at radius 2 is 2.19 bits per heavy atom. The number of aliphatic hydroxyl groups is 1. The third-order valence-corrected chi connectivity index (χ3v) is 2.75. The molecule has 2 N–H and O–H groups in total. The smallest absolute Gasteiger partial charge is 0.356 e. The van der Waals surface area contributed by atoms with E-state index in [9.17, 15) is 19.3 Å². The third-order valence-electron chi connectivity index (χ3n) is 2.75. The molecule has 0 saturated carbocycles. The standard InChI is InChI=1S/C12H10FN3O5/c13-8-1-2-9(10(5-8)16(20)21)15-6-7(3-4-17)11(14-15)12(18)19/h1-2,5-6,17H,3-4H2,(H,18,19). The number of nitrogens with zero attached hydrogens (tertiary/aromatic N) is 3. The first kappa shape index (κ1) is 14.6. The number of hydrogen-bond acceptors (Lipinski definition) is 5. The van der Waals surface area contributed by atoms with E-state index in [0.717, 1.165) is 22.9 Å². The Balaban J connectivity index is 2.59. The monoisotopic (exact) mass is 295 g/mol. The zero-order valence-corrected chi connectivity index (χ0v) is 10.6. The van der Waals surface area contributed by atoms with Gasteiger partial charge in [0.05, 0.1) is 11.0 Å². The van der Waals surface area contributed by atoms with Gasteiger partial charge < -0.3 is 10.2 Å². The molecule has 0 atom stereocenters. The van der Waals surface area contributed by atoms with Crippen LogP contribution in [0.25, 0.3) is 5.69 Å². The van der Waals surface area contributed by atoms with Crippen LogP contribution in [0.5, 0.6) is 0 Å². The van der Waals surface area contributed by atoms with Crippen molar-refractivity contribution in [2.24, 2.45) is 0 Å². The van der Waals surface area contributed by atoms with E-state index in [4.69, 9.17) is 10.2 Å². The molecule has 1 aromatic carbocycles. The van der Waals surface area contributed by atoms with Crippen molar-refractivity contribution in [2.45, 2.75) is 6.42 Å². The molecule has 0 unspecified atom stereocenters. The first-order valence-electron chi connectivity index (χ1n) is 5.81. The number of rotatable bonds is 5. The second-order valence-corrected chi connectivity index (χ2v) is 4.12. The molecule has 8 nitrogen and oxygen atoms in total. The summed E-state index contributed by atoms with van der Waals surface area (Å²) in [5, 5.41) is 32.6. The molecular formula is C12H10FN3O5. The van der Waals surface area contributed by atoms with Crippen molar-refractivity contribution in [3.8, 4) is 5.69 Å². The highest BCUT2D eigenvalue weighted by Crippen LogP contribution is 2.24. The predicted octanol–water partition coefficient (Wildman–Crippen LogP) is 1.15. The van der Waals surface area contributed by atoms with Crippen LogP contribution in [0.1, 0.15) is 16.1 Å². The van der Waals surface area contributed by atoms with Crippen molar-refractivity contribution < 1.29 is 24.3 Å². The van der Waals surface area contributed by atoms with Gasteiger partial charge in [-0.25, -0.2) is 13.9 Å². The van der Waals surface area contributed by atoms with Crippen LogP contribution in [0.4, 0.5) is 10.1 Å². The minimum absolute atomic E-state index is 0.0383. The maximum absolute atomic E-state index is 13.1. The molecule has 21 heavy (non-hydrogen) atoms. The van der Waals surface area contributed by atoms with Crippen LogP contribution >= 0.6 is 0 Å². The quantitative estimate of drug-likeness (QED) is 0.631. The van der Waals surface area contributed by atoms with E-state index >= 15 is 0 Å². The maximum atomic E-state index is 13.1. The Bertz CT molecular complexity index is 713. The van der Waals surface area contributed by atoms with Crippen molar-refractivity contribution in [1.82, 2.24) is 9.78 Å². The van der Waals surface area contributed by atoms with Gasteiger partial charge in [0.1, 0.15) is 11.5 Å². The van der Waals surface area contributed by atoms with Gasteiger partial charge in [0.25, 0.3) is 5.69 Å². The average molecular weight is 295 g/mol. The van der Waals surface area contributed by atoms with E-state index in [1.807, 2.05) is 0 Å². The molecule has 0 spiro atoms. The number of halogens is 1. The summed E-state index contributed by atoms with van der Waals surface area (Å²) in [5.41, 5.74) is -0.690. The van der Waals surface area contributed by atoms with Gasteiger partial charge in [-0.3, -0.25) is 10.1 Å². The number of hydrogen-bond donors (Lipinski definition) is 2. The van der Waals surface area contributed by atoms with E-state index in [2.05, 4.69) is 5.10 Å². The molecule has 2 rings (SSSR count). The molecule has 0 fully saturated rings. The van der Waals surface area contributed by atoms with Gasteiger partial charge in [0, 0.05) is 18.4 Å². The van der Waals surface area contributed by atoms with E-state index in [1.165, 1.54) is 6.20 Å². The molecule has 0 radical (unpaired) electrons. The van der Waals surface area contributed by atoms with Gasteiger partial charge in [-0.05, 0) is 18.6 Å². The summed E-state index contributed by atoms with van der Waals surface area (Å²) in [4.78, 5) is 21.2. The largest absolute Gasteiger partial charge is 0.476 e. The molecular weight excluding hydrogens is 285 g/mol. The maximum Gasteiger partial charge on any atom is 0.356 e. The Morgan fingerprint density at radius 1 is 1.48 bits per heavy atom. The van der Waals surface area contributed by atoms with Crippen molar-refractivity contribution in [1.29, 1.82) is 0 Å². The van der Waals surface area contributed by atoms with Crippen LogP contribution in [0.2, 0.25) is 0 Å². The number of aromatic carboxylic acids is 1. The summed E-state index contributed by atoms with van der Waals surface area (Å²) in [6, 6.07) is 2.87. The normalized spacial score (nSPS) is 10.6. The predicted molar refractivity (Wildman–Crippen MR) is 67.9 cm³/mol. The highest BCUT2D eigenvalue weighted by molar-refractivity contribution is 5.87. The molecule has 1 heterocycles. The lowest BCUT2D eigenvalue weighted by Gasteiger charge is -2.02. The minimum atomic E-state index is -1.32. The number of aromatic nitrogens is 2. The molecule has 0 amide bonds. The van der Waals surface area contributed by atoms with E-state index in [-0.39, 0.29) is 30.0 Å². The van der Waals surface area contributed by atoms with Crippen molar-refractivity contribution in [3.63, 3.8) is 0 Å². The molecule has 110 valence electrons. The highest BCUT2D eigenvalue weighted by atomic mass is 19.1. The molecule has 2 aromatic rings. The first-order chi connectivity index (χ1) is 9.93. The van der Waals surface area contributed by atoms with Crippen LogP contribution in [-0.2, 0) is 6.42 Å². The Hall–Kier alpha value is -2.81. The second kappa shape index (κ2) is 5.67. The van der Waals surface area contributed by atoms with Gasteiger partial charge in [0.2, 0.25) is 0 Å². The summed E-state index contributed by atoms with van der Waals surface area (Å²) < 4.78 is 14.1.